The lowest BCUT2D eigenvalue weighted by atomic mass is 10.1. The Hall–Kier alpha value is -1.02. The molecule has 0 rings (SSSR count). The lowest BCUT2D eigenvalue weighted by Crippen LogP contribution is -2.37. The number of quaternary nitrogens is 1. The van der Waals surface area contributed by atoms with Crippen LogP contribution in [-0.4, -0.2) is 70.7 Å². The van der Waals surface area contributed by atoms with Gasteiger partial charge in [-0.25, -0.2) is 0 Å². The predicted molar refractivity (Wildman–Crippen MR) is 199 cm³/mol. The van der Waals surface area contributed by atoms with Gasteiger partial charge in [0, 0.05) is 13.0 Å². The molecule has 0 heterocycles. The van der Waals surface area contributed by atoms with Crippen molar-refractivity contribution in [2.45, 2.75) is 168 Å². The van der Waals surface area contributed by atoms with Crippen LogP contribution in [-0.2, 0) is 27.9 Å². The van der Waals surface area contributed by atoms with Crippen molar-refractivity contribution in [1.29, 1.82) is 0 Å². The molecule has 0 aromatic heterocycles. The van der Waals surface area contributed by atoms with Gasteiger partial charge in [-0.15, -0.1) is 0 Å². The molecule has 0 bridgehead atoms. The van der Waals surface area contributed by atoms with Gasteiger partial charge in [-0.1, -0.05) is 134 Å². The predicted octanol–water partition coefficient (Wildman–Crippen LogP) is 10.2. The summed E-state index contributed by atoms with van der Waals surface area (Å²) >= 11 is 0. The zero-order valence-electron chi connectivity index (χ0n) is 31.9. The first kappa shape index (κ1) is 47.0. The summed E-state index contributed by atoms with van der Waals surface area (Å²) in [6, 6.07) is 0. The van der Waals surface area contributed by atoms with Crippen molar-refractivity contribution >= 4 is 13.8 Å². The average Bonchev–Trinajstić information content (AvgIpc) is 3.03. The second-order valence-electron chi connectivity index (χ2n) is 14.3. The molecule has 0 aliphatic carbocycles. The maximum Gasteiger partial charge on any atom is 0.306 e. The topological polar surface area (TPSA) is 94.1 Å². The number of unbranched alkanes of at least 4 members (excludes halogenated alkanes) is 18. The van der Waals surface area contributed by atoms with Crippen LogP contribution in [0, 0.1) is 0 Å². The number of hydrogen-bond donors (Lipinski definition) is 0. The Morgan fingerprint density at radius 3 is 1.73 bits per heavy atom. The maximum atomic E-state index is 12.5. The van der Waals surface area contributed by atoms with E-state index in [1.54, 1.807) is 0 Å². The van der Waals surface area contributed by atoms with Crippen LogP contribution in [0.4, 0.5) is 0 Å². The normalized spacial score (nSPS) is 14.2. The summed E-state index contributed by atoms with van der Waals surface area (Å²) < 4.78 is 34.4. The standard InChI is InChI=1S/C39H76NO7P/c1-6-8-10-12-14-16-17-18-19-20-21-22-23-24-25-27-29-31-34-44-36-38(37-46-48(42,43)45-35-33-40(3,4)5)47-39(41)32-30-28-26-15-13-11-9-7-2/h14,16,18-19,38H,6-13,15,17,20-37H2,1-5H3/b16-14-,19-18-. The van der Waals surface area contributed by atoms with Crippen LogP contribution in [0.1, 0.15) is 162 Å². The number of carbonyl (C=O) groups excluding carboxylic acids is 1. The fourth-order valence-corrected chi connectivity index (χ4v) is 5.89. The Morgan fingerprint density at radius 1 is 0.646 bits per heavy atom. The zero-order chi connectivity index (χ0) is 35.6. The van der Waals surface area contributed by atoms with Crippen LogP contribution in [0.25, 0.3) is 0 Å². The second kappa shape index (κ2) is 33.1. The zero-order valence-corrected chi connectivity index (χ0v) is 32.8. The van der Waals surface area contributed by atoms with Crippen molar-refractivity contribution in [3.05, 3.63) is 24.3 Å². The van der Waals surface area contributed by atoms with Crippen LogP contribution < -0.4 is 4.89 Å². The fraction of sp³-hybridized carbons (Fsp3) is 0.872. The van der Waals surface area contributed by atoms with Gasteiger partial charge in [-0.3, -0.25) is 9.36 Å². The molecule has 0 saturated carbocycles. The number of carbonyl (C=O) groups is 1. The van der Waals surface area contributed by atoms with Gasteiger partial charge in [-0.2, -0.15) is 0 Å². The molecule has 8 nitrogen and oxygen atoms in total. The molecule has 2 unspecified atom stereocenters. The quantitative estimate of drug-likeness (QED) is 0.0211. The van der Waals surface area contributed by atoms with E-state index < -0.39 is 13.9 Å². The molecule has 0 N–H and O–H groups in total. The molecule has 0 spiro atoms. The largest absolute Gasteiger partial charge is 0.756 e. The van der Waals surface area contributed by atoms with Gasteiger partial charge in [0.25, 0.3) is 7.82 Å². The molecule has 9 heteroatoms. The number of nitrogens with zero attached hydrogens (tertiary/aromatic N) is 1. The SMILES string of the molecule is CCCCC/C=C\C/C=C\CCCCCCCCCCOCC(COP(=O)([O-])OCC[N+](C)(C)C)OC(=O)CCCCCCCCCC. The van der Waals surface area contributed by atoms with Gasteiger partial charge in [0.15, 0.2) is 0 Å². The van der Waals surface area contributed by atoms with Crippen molar-refractivity contribution in [1.82, 2.24) is 0 Å². The molecule has 48 heavy (non-hydrogen) atoms. The second-order valence-corrected chi connectivity index (χ2v) is 15.7. The van der Waals surface area contributed by atoms with Gasteiger partial charge in [0.2, 0.25) is 0 Å². The van der Waals surface area contributed by atoms with Crippen molar-refractivity contribution in [3.63, 3.8) is 0 Å². The van der Waals surface area contributed by atoms with E-state index in [9.17, 15) is 14.3 Å². The minimum atomic E-state index is -4.51. The Labute approximate surface area is 296 Å². The molecule has 0 aromatic rings. The highest BCUT2D eigenvalue weighted by molar-refractivity contribution is 7.45. The third kappa shape index (κ3) is 36.3. The number of hydrogen-bond acceptors (Lipinski definition) is 7. The summed E-state index contributed by atoms with van der Waals surface area (Å²) in [4.78, 5) is 24.8. The van der Waals surface area contributed by atoms with E-state index in [2.05, 4.69) is 38.2 Å². The number of likely N-dealkylation sites (N-methyl/N-ethyl adjacent to an activating group) is 1. The highest BCUT2D eigenvalue weighted by Crippen LogP contribution is 2.38. The van der Waals surface area contributed by atoms with Crippen LogP contribution in [0.5, 0.6) is 0 Å². The van der Waals surface area contributed by atoms with Crippen LogP contribution >= 0.6 is 7.82 Å². The molecular weight excluding hydrogens is 625 g/mol. The van der Waals surface area contributed by atoms with Crippen molar-refractivity contribution in [3.8, 4) is 0 Å². The van der Waals surface area contributed by atoms with E-state index >= 15 is 0 Å². The summed E-state index contributed by atoms with van der Waals surface area (Å²) in [7, 11) is 1.35. The Bertz CT molecular complexity index is 828. The summed E-state index contributed by atoms with van der Waals surface area (Å²) in [5.41, 5.74) is 0. The fourth-order valence-electron chi connectivity index (χ4n) is 5.16. The van der Waals surface area contributed by atoms with Gasteiger partial charge >= 0.3 is 5.97 Å². The number of esters is 1. The first-order valence-electron chi connectivity index (χ1n) is 19.6. The van der Waals surface area contributed by atoms with E-state index in [-0.39, 0.29) is 25.8 Å². The monoisotopic (exact) mass is 702 g/mol. The van der Waals surface area contributed by atoms with Crippen LogP contribution in [0.2, 0.25) is 0 Å². The van der Waals surface area contributed by atoms with E-state index in [1.165, 1.54) is 103 Å². The lowest BCUT2D eigenvalue weighted by Gasteiger charge is -2.28. The number of allylic oxidation sites excluding steroid dienone is 4. The maximum absolute atomic E-state index is 12.5. The van der Waals surface area contributed by atoms with E-state index in [1.807, 2.05) is 21.1 Å². The van der Waals surface area contributed by atoms with Gasteiger partial charge < -0.3 is 27.9 Å². The van der Waals surface area contributed by atoms with Gasteiger partial charge in [0.1, 0.15) is 19.3 Å². The third-order valence-electron chi connectivity index (χ3n) is 8.26. The smallest absolute Gasteiger partial charge is 0.306 e. The first-order valence-corrected chi connectivity index (χ1v) is 21.0. The Morgan fingerprint density at radius 2 is 1.15 bits per heavy atom. The summed E-state index contributed by atoms with van der Waals surface area (Å²) in [5, 5.41) is 0. The minimum Gasteiger partial charge on any atom is -0.756 e. The molecule has 0 aliphatic heterocycles. The Balaban J connectivity index is 4.19. The molecule has 284 valence electrons. The first-order chi connectivity index (χ1) is 23.1. The van der Waals surface area contributed by atoms with E-state index in [0.717, 1.165) is 38.5 Å². The number of rotatable bonds is 36. The third-order valence-corrected chi connectivity index (χ3v) is 9.22. The lowest BCUT2D eigenvalue weighted by molar-refractivity contribution is -0.870. The molecule has 0 aliphatic rings. The molecule has 0 radical (unpaired) electrons. The van der Waals surface area contributed by atoms with E-state index in [4.69, 9.17) is 18.5 Å². The number of phosphoric acid groups is 1. The molecule has 0 amide bonds. The van der Waals surface area contributed by atoms with Crippen molar-refractivity contribution in [2.24, 2.45) is 0 Å². The molecule has 2 atom stereocenters. The molecular formula is C39H76NO7P. The molecule has 0 aromatic carbocycles. The number of ether oxygens (including phenoxy) is 2. The number of phosphoric ester groups is 1. The van der Waals surface area contributed by atoms with E-state index in [0.29, 0.717) is 24.1 Å². The average molecular weight is 702 g/mol. The van der Waals surface area contributed by atoms with Crippen LogP contribution in [0.3, 0.4) is 0 Å². The van der Waals surface area contributed by atoms with Gasteiger partial charge in [0.05, 0.1) is 34.4 Å². The Kier molecular flexibility index (Phi) is 32.4. The highest BCUT2D eigenvalue weighted by Gasteiger charge is 2.20. The minimum absolute atomic E-state index is 0.0262. The van der Waals surface area contributed by atoms with Crippen molar-refractivity contribution in [2.75, 3.05) is 54.1 Å². The molecule has 0 saturated heterocycles. The molecule has 0 fully saturated rings. The summed E-state index contributed by atoms with van der Waals surface area (Å²) in [6.07, 6.45) is 34.8. The highest BCUT2D eigenvalue weighted by atomic mass is 31.2. The van der Waals surface area contributed by atoms with Crippen molar-refractivity contribution < 1.29 is 37.3 Å². The van der Waals surface area contributed by atoms with Gasteiger partial charge in [-0.05, 0) is 44.9 Å². The summed E-state index contributed by atoms with van der Waals surface area (Å²) in [5.74, 6) is -0.341. The van der Waals surface area contributed by atoms with Crippen LogP contribution in [0.15, 0.2) is 24.3 Å². The summed E-state index contributed by atoms with van der Waals surface area (Å²) in [6.45, 7) is 5.34.